The Bertz CT molecular complexity index is 1130. The van der Waals surface area contributed by atoms with Gasteiger partial charge in [0.2, 0.25) is 5.91 Å². The second-order valence-corrected chi connectivity index (χ2v) is 11.1. The van der Waals surface area contributed by atoms with E-state index in [2.05, 4.69) is 74.6 Å². The van der Waals surface area contributed by atoms with E-state index < -0.39 is 0 Å². The molecule has 0 bridgehead atoms. The molecule has 6 atom stereocenters. The minimum atomic E-state index is -0.0437. The molecule has 2 saturated carbocycles. The lowest BCUT2D eigenvalue weighted by Gasteiger charge is -2.35. The van der Waals surface area contributed by atoms with Gasteiger partial charge in [0.15, 0.2) is 0 Å². The van der Waals surface area contributed by atoms with Gasteiger partial charge in [-0.1, -0.05) is 72.8 Å². The van der Waals surface area contributed by atoms with Crippen LogP contribution in [0.2, 0.25) is 0 Å². The fourth-order valence-corrected chi connectivity index (χ4v) is 6.63. The molecule has 5 heteroatoms. The van der Waals surface area contributed by atoms with Crippen molar-refractivity contribution in [2.75, 3.05) is 27.2 Å². The fourth-order valence-electron chi connectivity index (χ4n) is 6.63. The van der Waals surface area contributed by atoms with Gasteiger partial charge in [0.1, 0.15) is 6.29 Å². The summed E-state index contributed by atoms with van der Waals surface area (Å²) in [6, 6.07) is 6.71. The first-order chi connectivity index (χ1) is 17.8. The number of rotatable bonds is 4. The SMILES string of the molecule is CC.CC.CCNC.CN1C[C@H](C=O)C=CC2c3cccc4c3c(cn4C(=O)CC3(C)C4CC43C)C[C@H]21. The Labute approximate surface area is 224 Å². The Hall–Kier alpha value is -2.24. The first-order valence-electron chi connectivity index (χ1n) is 14.4. The van der Waals surface area contributed by atoms with Gasteiger partial charge in [0, 0.05) is 42.4 Å². The molecule has 1 N–H and O–H groups in total. The third-order valence-corrected chi connectivity index (χ3v) is 9.32. The smallest absolute Gasteiger partial charge is 0.231 e. The van der Waals surface area contributed by atoms with Crippen molar-refractivity contribution in [3.63, 3.8) is 0 Å². The molecular formula is C32H49N3O2. The monoisotopic (exact) mass is 507 g/mol. The van der Waals surface area contributed by atoms with E-state index in [-0.39, 0.29) is 23.2 Å². The van der Waals surface area contributed by atoms with Crippen LogP contribution >= 0.6 is 0 Å². The van der Waals surface area contributed by atoms with Gasteiger partial charge in [-0.3, -0.25) is 9.36 Å². The highest BCUT2D eigenvalue weighted by Crippen LogP contribution is 2.88. The predicted octanol–water partition coefficient (Wildman–Crippen LogP) is 6.32. The van der Waals surface area contributed by atoms with Crippen LogP contribution in [-0.2, 0) is 11.2 Å². The van der Waals surface area contributed by atoms with Crippen LogP contribution in [0.3, 0.4) is 0 Å². The normalized spacial score (nSPS) is 32.1. The topological polar surface area (TPSA) is 54.3 Å². The van der Waals surface area contributed by atoms with Crippen molar-refractivity contribution < 1.29 is 9.59 Å². The minimum absolute atomic E-state index is 0.0437. The summed E-state index contributed by atoms with van der Waals surface area (Å²) in [4.78, 5) is 27.0. The summed E-state index contributed by atoms with van der Waals surface area (Å²) < 4.78 is 1.93. The van der Waals surface area contributed by atoms with Crippen LogP contribution in [0.4, 0.5) is 0 Å². The van der Waals surface area contributed by atoms with Crippen LogP contribution in [0.25, 0.3) is 10.9 Å². The zero-order chi connectivity index (χ0) is 27.5. The van der Waals surface area contributed by atoms with Gasteiger partial charge >= 0.3 is 0 Å². The minimum Gasteiger partial charge on any atom is -0.320 e. The summed E-state index contributed by atoms with van der Waals surface area (Å²) in [7, 11) is 4.05. The zero-order valence-corrected chi connectivity index (χ0v) is 24.6. The molecular weight excluding hydrogens is 458 g/mol. The van der Waals surface area contributed by atoms with Gasteiger partial charge in [-0.05, 0) is 67.4 Å². The molecule has 1 aromatic heterocycles. The molecule has 4 aliphatic rings. The number of carbonyl (C=O) groups is 2. The number of nitrogens with one attached hydrogen (secondary N) is 1. The number of aromatic nitrogens is 1. The van der Waals surface area contributed by atoms with Gasteiger partial charge in [0.25, 0.3) is 0 Å². The molecule has 4 unspecified atom stereocenters. The number of benzene rings is 1. The molecule has 5 nitrogen and oxygen atoms in total. The van der Waals surface area contributed by atoms with E-state index in [9.17, 15) is 9.59 Å². The summed E-state index contributed by atoms with van der Waals surface area (Å²) >= 11 is 0. The summed E-state index contributed by atoms with van der Waals surface area (Å²) in [6.45, 7) is 16.5. The van der Waals surface area contributed by atoms with Crippen molar-refractivity contribution in [2.24, 2.45) is 22.7 Å². The highest BCUT2D eigenvalue weighted by molar-refractivity contribution is 5.97. The maximum Gasteiger partial charge on any atom is 0.231 e. The molecule has 0 amide bonds. The molecule has 0 radical (unpaired) electrons. The third kappa shape index (κ3) is 4.97. The standard InChI is InChI=1S/C25H28N2O2.C3H9N.2C2H6/c1-24-10-21(24)25(24,2)11-22(29)27-13-16-9-20-17(8-7-15(14-28)12-26(20)3)18-5-4-6-19(27)23(16)18;1-3-4-2;2*1-2/h4-8,13-15,17,20-21H,9-12H2,1-3H3;4H,3H2,1-2H3;2*1-2H3/t15-,17?,20-,21?,24?,25?;;;/m1.../s1. The van der Waals surface area contributed by atoms with Crippen molar-refractivity contribution >= 4 is 23.1 Å². The molecule has 6 rings (SSSR count). The zero-order valence-electron chi connectivity index (χ0n) is 24.6. The van der Waals surface area contributed by atoms with E-state index in [1.165, 1.54) is 22.9 Å². The lowest BCUT2D eigenvalue weighted by atomic mass is 9.79. The van der Waals surface area contributed by atoms with Crippen molar-refractivity contribution in [3.8, 4) is 0 Å². The van der Waals surface area contributed by atoms with Crippen molar-refractivity contribution in [2.45, 2.75) is 79.7 Å². The van der Waals surface area contributed by atoms with Crippen LogP contribution in [-0.4, -0.2) is 54.9 Å². The van der Waals surface area contributed by atoms with E-state index in [0.29, 0.717) is 17.9 Å². The summed E-state index contributed by atoms with van der Waals surface area (Å²) in [6.07, 6.45) is 10.3. The van der Waals surface area contributed by atoms with Crippen LogP contribution in [0, 0.1) is 22.7 Å². The van der Waals surface area contributed by atoms with E-state index >= 15 is 0 Å². The first kappa shape index (κ1) is 29.3. The third-order valence-electron chi connectivity index (χ3n) is 9.32. The van der Waals surface area contributed by atoms with Gasteiger partial charge in [-0.15, -0.1) is 0 Å². The van der Waals surface area contributed by atoms with Crippen LogP contribution in [0.1, 0.15) is 83.1 Å². The average Bonchev–Trinajstić information content (AvgIpc) is 3.71. The maximum absolute atomic E-state index is 13.3. The fraction of sp³-hybridized carbons (Fsp3) is 0.625. The predicted molar refractivity (Wildman–Crippen MR) is 155 cm³/mol. The molecule has 3 aliphatic carbocycles. The summed E-state index contributed by atoms with van der Waals surface area (Å²) in [5, 5.41) is 4.18. The number of carbonyl (C=O) groups excluding carboxylic acids is 2. The number of hydrogen-bond donors (Lipinski definition) is 1. The van der Waals surface area contributed by atoms with E-state index in [1.54, 1.807) is 0 Å². The van der Waals surface area contributed by atoms with Gasteiger partial charge in [-0.25, -0.2) is 0 Å². The number of fused-ring (bicyclic) bond motifs is 3. The average molecular weight is 508 g/mol. The van der Waals surface area contributed by atoms with Gasteiger partial charge in [0.05, 0.1) is 5.52 Å². The van der Waals surface area contributed by atoms with Crippen molar-refractivity contribution in [1.29, 1.82) is 0 Å². The molecule has 0 spiro atoms. The molecule has 2 aromatic rings. The second kappa shape index (κ2) is 11.7. The molecule has 37 heavy (non-hydrogen) atoms. The highest BCUT2D eigenvalue weighted by Gasteiger charge is 2.83. The van der Waals surface area contributed by atoms with E-state index in [4.69, 9.17) is 0 Å². The molecule has 2 heterocycles. The number of hydrogen-bond acceptors (Lipinski definition) is 4. The molecule has 204 valence electrons. The van der Waals surface area contributed by atoms with Gasteiger partial charge in [-0.2, -0.15) is 0 Å². The Morgan fingerprint density at radius 3 is 2.35 bits per heavy atom. The van der Waals surface area contributed by atoms with E-state index in [0.717, 1.165) is 37.2 Å². The first-order valence-corrected chi connectivity index (χ1v) is 14.4. The molecule has 1 aliphatic heterocycles. The molecule has 2 fully saturated rings. The van der Waals surface area contributed by atoms with Crippen LogP contribution < -0.4 is 5.32 Å². The Balaban J connectivity index is 0.000000429. The maximum atomic E-state index is 13.3. The quantitative estimate of drug-likeness (QED) is 0.389. The summed E-state index contributed by atoms with van der Waals surface area (Å²) in [5.41, 5.74) is 4.24. The Morgan fingerprint density at radius 1 is 1.16 bits per heavy atom. The number of likely N-dealkylation sites (N-methyl/N-ethyl adjacent to an activating group) is 1. The largest absolute Gasteiger partial charge is 0.320 e. The van der Waals surface area contributed by atoms with Crippen molar-refractivity contribution in [1.82, 2.24) is 14.8 Å². The molecule has 0 saturated heterocycles. The second-order valence-electron chi connectivity index (χ2n) is 11.1. The van der Waals surface area contributed by atoms with Crippen LogP contribution in [0.15, 0.2) is 36.5 Å². The van der Waals surface area contributed by atoms with Crippen LogP contribution in [0.5, 0.6) is 0 Å². The Kier molecular flexibility index (Phi) is 9.23. The lowest BCUT2D eigenvalue weighted by Crippen LogP contribution is -2.40. The lowest BCUT2D eigenvalue weighted by molar-refractivity contribution is -0.110. The Morgan fingerprint density at radius 2 is 1.81 bits per heavy atom. The highest BCUT2D eigenvalue weighted by atomic mass is 16.2. The summed E-state index contributed by atoms with van der Waals surface area (Å²) in [5.74, 6) is 1.21. The number of aldehydes is 1. The van der Waals surface area contributed by atoms with E-state index in [1.807, 2.05) is 39.3 Å². The van der Waals surface area contributed by atoms with Gasteiger partial charge < -0.3 is 15.0 Å². The molecule has 1 aromatic carbocycles. The van der Waals surface area contributed by atoms with Crippen molar-refractivity contribution in [3.05, 3.63) is 47.7 Å². The number of nitrogens with zero attached hydrogens (tertiary/aromatic N) is 2.